The molecule has 6 nitrogen and oxygen atoms in total. The van der Waals surface area contributed by atoms with Crippen molar-refractivity contribution in [2.24, 2.45) is 0 Å². The molecule has 0 aliphatic carbocycles. The molecule has 2 aromatic rings. The topological polar surface area (TPSA) is 79.8 Å². The van der Waals surface area contributed by atoms with E-state index in [-0.39, 0.29) is 6.04 Å². The summed E-state index contributed by atoms with van der Waals surface area (Å²) in [6.45, 7) is 4.51. The van der Waals surface area contributed by atoms with Crippen molar-refractivity contribution in [1.82, 2.24) is 9.97 Å². The minimum atomic E-state index is 0.234. The number of hydrogen-bond donors (Lipinski definition) is 0. The maximum Gasteiger partial charge on any atom is 0.142 e. The van der Waals surface area contributed by atoms with E-state index in [0.29, 0.717) is 11.4 Å². The van der Waals surface area contributed by atoms with Gasteiger partial charge in [0, 0.05) is 25.7 Å². The van der Waals surface area contributed by atoms with Crippen LogP contribution < -0.4 is 9.80 Å². The highest BCUT2D eigenvalue weighted by Gasteiger charge is 2.25. The molecule has 114 valence electrons. The van der Waals surface area contributed by atoms with E-state index in [1.165, 1.54) is 0 Å². The van der Waals surface area contributed by atoms with E-state index >= 15 is 0 Å². The van der Waals surface area contributed by atoms with Crippen molar-refractivity contribution in [2.75, 3.05) is 29.4 Å². The zero-order valence-corrected chi connectivity index (χ0v) is 12.8. The zero-order chi connectivity index (χ0) is 16.2. The first-order valence-electron chi connectivity index (χ1n) is 7.47. The maximum absolute atomic E-state index is 8.99. The average Bonchev–Trinajstić information content (AvgIpc) is 2.61. The fourth-order valence-electron chi connectivity index (χ4n) is 2.81. The van der Waals surface area contributed by atoms with Crippen LogP contribution in [0.2, 0.25) is 0 Å². The van der Waals surface area contributed by atoms with Crippen molar-refractivity contribution < 1.29 is 0 Å². The Morgan fingerprint density at radius 3 is 2.17 bits per heavy atom. The van der Waals surface area contributed by atoms with Gasteiger partial charge in [-0.2, -0.15) is 10.5 Å². The van der Waals surface area contributed by atoms with Gasteiger partial charge in [0.05, 0.1) is 0 Å². The first kappa shape index (κ1) is 14.8. The number of aromatic nitrogens is 2. The van der Waals surface area contributed by atoms with Crippen LogP contribution in [0.25, 0.3) is 0 Å². The maximum atomic E-state index is 8.99. The molecule has 1 unspecified atom stereocenters. The third kappa shape index (κ3) is 3.07. The molecule has 0 radical (unpaired) electrons. The second-order valence-electron chi connectivity index (χ2n) is 5.47. The van der Waals surface area contributed by atoms with Gasteiger partial charge >= 0.3 is 0 Å². The Morgan fingerprint density at radius 2 is 1.57 bits per heavy atom. The summed E-state index contributed by atoms with van der Waals surface area (Å²) in [6.07, 6.45) is 0. The first-order valence-corrected chi connectivity index (χ1v) is 7.47. The second-order valence-corrected chi connectivity index (χ2v) is 5.47. The number of anilines is 2. The number of hydrogen-bond acceptors (Lipinski definition) is 6. The predicted molar refractivity (Wildman–Crippen MR) is 86.9 cm³/mol. The van der Waals surface area contributed by atoms with E-state index in [9.17, 15) is 0 Å². The number of pyridine rings is 2. The molecular weight excluding hydrogens is 288 g/mol. The van der Waals surface area contributed by atoms with Gasteiger partial charge in [0.25, 0.3) is 0 Å². The van der Waals surface area contributed by atoms with Gasteiger partial charge in [0.2, 0.25) is 0 Å². The minimum Gasteiger partial charge on any atom is -0.353 e. The molecule has 0 N–H and O–H groups in total. The Balaban J connectivity index is 1.77. The normalized spacial score (nSPS) is 17.4. The lowest BCUT2D eigenvalue weighted by Gasteiger charge is -2.41. The Hall–Kier alpha value is -3.12. The number of nitrogens with zero attached hydrogens (tertiary/aromatic N) is 6. The molecule has 1 aliphatic rings. The molecule has 1 fully saturated rings. The van der Waals surface area contributed by atoms with Gasteiger partial charge < -0.3 is 9.80 Å². The van der Waals surface area contributed by atoms with Gasteiger partial charge in [-0.3, -0.25) is 0 Å². The fraction of sp³-hybridized carbons (Fsp3) is 0.294. The van der Waals surface area contributed by atoms with Crippen LogP contribution in [-0.4, -0.2) is 35.6 Å². The Morgan fingerprint density at radius 1 is 0.957 bits per heavy atom. The van der Waals surface area contributed by atoms with Crippen molar-refractivity contribution in [3.63, 3.8) is 0 Å². The molecule has 0 aromatic carbocycles. The van der Waals surface area contributed by atoms with Gasteiger partial charge in [0.1, 0.15) is 35.2 Å². The first-order chi connectivity index (χ1) is 11.2. The Bertz CT molecular complexity index is 788. The van der Waals surface area contributed by atoms with Crippen LogP contribution in [-0.2, 0) is 0 Å². The van der Waals surface area contributed by atoms with Crippen LogP contribution in [0.3, 0.4) is 0 Å². The summed E-state index contributed by atoms with van der Waals surface area (Å²) in [7, 11) is 0. The molecule has 6 heteroatoms. The standard InChI is InChI=1S/C17H16N6/c1-13-12-22(16-6-2-4-14(10-18)20-16)8-9-23(13)17-7-3-5-15(11-19)21-17/h2-7,13H,8-9,12H2,1H3. The average molecular weight is 304 g/mol. The van der Waals surface area contributed by atoms with Crippen LogP contribution in [0.4, 0.5) is 11.6 Å². The molecule has 23 heavy (non-hydrogen) atoms. The van der Waals surface area contributed by atoms with Crippen LogP contribution in [0.15, 0.2) is 36.4 Å². The summed E-state index contributed by atoms with van der Waals surface area (Å²) >= 11 is 0. The van der Waals surface area contributed by atoms with Crippen molar-refractivity contribution in [3.8, 4) is 12.1 Å². The van der Waals surface area contributed by atoms with Crippen LogP contribution in [0.5, 0.6) is 0 Å². The van der Waals surface area contributed by atoms with Crippen molar-refractivity contribution in [1.29, 1.82) is 10.5 Å². The Labute approximate surface area is 135 Å². The summed E-state index contributed by atoms with van der Waals surface area (Å²) in [5, 5.41) is 18.0. The van der Waals surface area contributed by atoms with E-state index < -0.39 is 0 Å². The van der Waals surface area contributed by atoms with E-state index in [4.69, 9.17) is 10.5 Å². The molecule has 2 aromatic heterocycles. The molecule has 0 spiro atoms. The van der Waals surface area contributed by atoms with Crippen LogP contribution in [0, 0.1) is 22.7 Å². The lowest BCUT2D eigenvalue weighted by atomic mass is 10.2. The summed E-state index contributed by atoms with van der Waals surface area (Å²) in [4.78, 5) is 13.1. The van der Waals surface area contributed by atoms with Gasteiger partial charge in [-0.05, 0) is 31.2 Å². The van der Waals surface area contributed by atoms with Crippen molar-refractivity contribution in [2.45, 2.75) is 13.0 Å². The molecule has 1 atom stereocenters. The lowest BCUT2D eigenvalue weighted by molar-refractivity contribution is 0.542. The smallest absolute Gasteiger partial charge is 0.142 e. The third-order valence-electron chi connectivity index (χ3n) is 3.94. The number of rotatable bonds is 2. The Kier molecular flexibility index (Phi) is 4.07. The van der Waals surface area contributed by atoms with Gasteiger partial charge in [-0.1, -0.05) is 12.1 Å². The molecule has 1 saturated heterocycles. The van der Waals surface area contributed by atoms with E-state index in [2.05, 4.69) is 38.8 Å². The minimum absolute atomic E-state index is 0.234. The molecule has 0 saturated carbocycles. The van der Waals surface area contributed by atoms with E-state index in [0.717, 1.165) is 31.3 Å². The van der Waals surface area contributed by atoms with Crippen LogP contribution >= 0.6 is 0 Å². The fourth-order valence-corrected chi connectivity index (χ4v) is 2.81. The van der Waals surface area contributed by atoms with E-state index in [1.807, 2.05) is 24.3 Å². The highest BCUT2D eigenvalue weighted by molar-refractivity contribution is 5.48. The summed E-state index contributed by atoms with van der Waals surface area (Å²) < 4.78 is 0. The monoisotopic (exact) mass is 304 g/mol. The highest BCUT2D eigenvalue weighted by atomic mass is 15.3. The molecule has 0 bridgehead atoms. The lowest BCUT2D eigenvalue weighted by Crippen LogP contribution is -2.52. The molecular formula is C17H16N6. The van der Waals surface area contributed by atoms with Crippen molar-refractivity contribution in [3.05, 3.63) is 47.8 Å². The van der Waals surface area contributed by atoms with E-state index in [1.54, 1.807) is 12.1 Å². The SMILES string of the molecule is CC1CN(c2cccc(C#N)n2)CCN1c1cccc(C#N)n1. The molecule has 1 aliphatic heterocycles. The second kappa shape index (κ2) is 6.33. The largest absolute Gasteiger partial charge is 0.353 e. The quantitative estimate of drug-likeness (QED) is 0.843. The van der Waals surface area contributed by atoms with Crippen LogP contribution in [0.1, 0.15) is 18.3 Å². The number of nitriles is 2. The third-order valence-corrected chi connectivity index (χ3v) is 3.94. The molecule has 3 rings (SSSR count). The molecule has 3 heterocycles. The molecule has 0 amide bonds. The number of piperazine rings is 1. The highest BCUT2D eigenvalue weighted by Crippen LogP contribution is 2.22. The summed E-state index contributed by atoms with van der Waals surface area (Å²) in [5.74, 6) is 1.66. The summed E-state index contributed by atoms with van der Waals surface area (Å²) in [6, 6.07) is 15.4. The summed E-state index contributed by atoms with van der Waals surface area (Å²) in [5.41, 5.74) is 0.862. The van der Waals surface area contributed by atoms with Crippen molar-refractivity contribution >= 4 is 11.6 Å². The predicted octanol–water partition coefficient (Wildman–Crippen LogP) is 1.94. The van der Waals surface area contributed by atoms with Gasteiger partial charge in [-0.25, -0.2) is 9.97 Å². The zero-order valence-electron chi connectivity index (χ0n) is 12.8. The van der Waals surface area contributed by atoms with Gasteiger partial charge in [-0.15, -0.1) is 0 Å². The van der Waals surface area contributed by atoms with Gasteiger partial charge in [0.15, 0.2) is 0 Å².